The number of carbonyl (C=O) groups is 2. The number of thiazole rings is 1. The fourth-order valence-electron chi connectivity index (χ4n) is 1.68. The van der Waals surface area contributed by atoms with Gasteiger partial charge in [0, 0.05) is 18.9 Å². The highest BCUT2D eigenvalue weighted by Crippen LogP contribution is 2.27. The van der Waals surface area contributed by atoms with Crippen molar-refractivity contribution in [2.45, 2.75) is 32.3 Å². The smallest absolute Gasteiger partial charge is 0.258 e. The van der Waals surface area contributed by atoms with Crippen LogP contribution in [0.15, 0.2) is 5.38 Å². The first-order valence-corrected chi connectivity index (χ1v) is 6.31. The highest BCUT2D eigenvalue weighted by molar-refractivity contribution is 7.14. The van der Waals surface area contributed by atoms with Crippen molar-refractivity contribution in [2.75, 3.05) is 11.9 Å². The Morgan fingerprint density at radius 3 is 2.88 bits per heavy atom. The van der Waals surface area contributed by atoms with Gasteiger partial charge in [-0.2, -0.15) is 0 Å². The summed E-state index contributed by atoms with van der Waals surface area (Å²) in [5.74, 6) is -0.301. The summed E-state index contributed by atoms with van der Waals surface area (Å²) in [6.07, 6.45) is 1.60. The van der Waals surface area contributed by atoms with Crippen molar-refractivity contribution in [2.24, 2.45) is 0 Å². The molecule has 5 nitrogen and oxygen atoms in total. The van der Waals surface area contributed by atoms with E-state index in [0.717, 1.165) is 6.42 Å². The van der Waals surface area contributed by atoms with E-state index in [1.807, 2.05) is 0 Å². The molecule has 6 heteroatoms. The number of nitrogens with zero attached hydrogens (tertiary/aromatic N) is 1. The van der Waals surface area contributed by atoms with Gasteiger partial charge in [0.15, 0.2) is 10.9 Å². The molecule has 2 heterocycles. The average Bonchev–Trinajstić information content (AvgIpc) is 2.88. The third-order valence-electron chi connectivity index (χ3n) is 2.78. The van der Waals surface area contributed by atoms with Crippen molar-refractivity contribution >= 4 is 28.2 Å². The molecule has 17 heavy (non-hydrogen) atoms. The summed E-state index contributed by atoms with van der Waals surface area (Å²) >= 11 is 1.24. The van der Waals surface area contributed by atoms with E-state index in [1.54, 1.807) is 12.3 Å². The standard InChI is InChI=1S/C11H14N2O3S/c1-7(14)8-6-17-10(12-8)13-9(15)11(2)4-3-5-16-11/h6H,3-5H2,1-2H3,(H,12,13,15). The maximum atomic E-state index is 12.0. The van der Waals surface area contributed by atoms with E-state index in [0.29, 0.717) is 23.9 Å². The minimum Gasteiger partial charge on any atom is -0.365 e. The quantitative estimate of drug-likeness (QED) is 0.836. The molecule has 0 spiro atoms. The van der Waals surface area contributed by atoms with Gasteiger partial charge in [-0.15, -0.1) is 11.3 Å². The predicted octanol–water partition coefficient (Wildman–Crippen LogP) is 1.85. The molecular formula is C11H14N2O3S. The largest absolute Gasteiger partial charge is 0.365 e. The van der Waals surface area contributed by atoms with Crippen LogP contribution in [-0.4, -0.2) is 28.9 Å². The van der Waals surface area contributed by atoms with Crippen LogP contribution in [0.3, 0.4) is 0 Å². The summed E-state index contributed by atoms with van der Waals surface area (Å²) in [6, 6.07) is 0. The second-order valence-corrected chi connectivity index (χ2v) is 5.09. The molecule has 0 aromatic carbocycles. The molecule has 1 aromatic rings. The number of anilines is 1. The molecular weight excluding hydrogens is 240 g/mol. The molecule has 0 radical (unpaired) electrons. The zero-order valence-corrected chi connectivity index (χ0v) is 10.6. The minimum absolute atomic E-state index is 0.106. The van der Waals surface area contributed by atoms with Gasteiger partial charge in [0.2, 0.25) is 0 Å². The molecule has 1 amide bonds. The summed E-state index contributed by atoms with van der Waals surface area (Å²) in [5, 5.41) is 4.77. The second kappa shape index (κ2) is 4.54. The summed E-state index contributed by atoms with van der Waals surface area (Å²) in [5.41, 5.74) is -0.384. The van der Waals surface area contributed by atoms with Crippen LogP contribution < -0.4 is 5.32 Å². The lowest BCUT2D eigenvalue weighted by atomic mass is 10.0. The first kappa shape index (κ1) is 12.2. The van der Waals surface area contributed by atoms with E-state index in [2.05, 4.69) is 10.3 Å². The molecule has 1 N–H and O–H groups in total. The van der Waals surface area contributed by atoms with E-state index in [-0.39, 0.29) is 11.7 Å². The average molecular weight is 254 g/mol. The highest BCUT2D eigenvalue weighted by atomic mass is 32.1. The first-order chi connectivity index (χ1) is 8.01. The highest BCUT2D eigenvalue weighted by Gasteiger charge is 2.38. The maximum absolute atomic E-state index is 12.0. The van der Waals surface area contributed by atoms with Gasteiger partial charge in [0.1, 0.15) is 11.3 Å². The Kier molecular flexibility index (Phi) is 3.26. The molecule has 1 saturated heterocycles. The zero-order valence-electron chi connectivity index (χ0n) is 9.78. The molecule has 1 aliphatic heterocycles. The number of aromatic nitrogens is 1. The number of ether oxygens (including phenoxy) is 1. The SMILES string of the molecule is CC(=O)c1csc(NC(=O)C2(C)CCCO2)n1. The monoisotopic (exact) mass is 254 g/mol. The Labute approximate surface area is 103 Å². The van der Waals surface area contributed by atoms with Gasteiger partial charge in [-0.25, -0.2) is 4.98 Å². The topological polar surface area (TPSA) is 68.3 Å². The number of nitrogens with one attached hydrogen (secondary N) is 1. The van der Waals surface area contributed by atoms with Crippen molar-refractivity contribution < 1.29 is 14.3 Å². The Hall–Kier alpha value is -1.27. The lowest BCUT2D eigenvalue weighted by Crippen LogP contribution is -2.39. The van der Waals surface area contributed by atoms with Crippen LogP contribution in [0.5, 0.6) is 0 Å². The Balaban J connectivity index is 2.05. The lowest BCUT2D eigenvalue weighted by Gasteiger charge is -2.20. The molecule has 92 valence electrons. The van der Waals surface area contributed by atoms with Crippen LogP contribution in [0.25, 0.3) is 0 Å². The summed E-state index contributed by atoms with van der Waals surface area (Å²) in [4.78, 5) is 27.1. The Morgan fingerprint density at radius 1 is 1.59 bits per heavy atom. The van der Waals surface area contributed by atoms with Crippen LogP contribution in [-0.2, 0) is 9.53 Å². The van der Waals surface area contributed by atoms with Crippen LogP contribution in [0.4, 0.5) is 5.13 Å². The van der Waals surface area contributed by atoms with E-state index in [1.165, 1.54) is 18.3 Å². The van der Waals surface area contributed by atoms with Gasteiger partial charge in [-0.1, -0.05) is 0 Å². The van der Waals surface area contributed by atoms with Crippen LogP contribution >= 0.6 is 11.3 Å². The third-order valence-corrected chi connectivity index (χ3v) is 3.54. The van der Waals surface area contributed by atoms with E-state index in [9.17, 15) is 9.59 Å². The van der Waals surface area contributed by atoms with Gasteiger partial charge in [-0.05, 0) is 19.8 Å². The predicted molar refractivity (Wildman–Crippen MR) is 64.3 cm³/mol. The normalized spacial score (nSPS) is 23.6. The van der Waals surface area contributed by atoms with Crippen molar-refractivity contribution in [3.8, 4) is 0 Å². The van der Waals surface area contributed by atoms with Gasteiger partial charge >= 0.3 is 0 Å². The Morgan fingerprint density at radius 2 is 2.35 bits per heavy atom. The molecule has 1 fully saturated rings. The molecule has 0 saturated carbocycles. The third kappa shape index (κ3) is 2.53. The lowest BCUT2D eigenvalue weighted by molar-refractivity contribution is -0.133. The number of rotatable bonds is 3. The van der Waals surface area contributed by atoms with Crippen molar-refractivity contribution in [1.82, 2.24) is 4.98 Å². The van der Waals surface area contributed by atoms with Gasteiger partial charge < -0.3 is 4.74 Å². The van der Waals surface area contributed by atoms with E-state index >= 15 is 0 Å². The second-order valence-electron chi connectivity index (χ2n) is 4.23. The van der Waals surface area contributed by atoms with Crippen molar-refractivity contribution in [3.63, 3.8) is 0 Å². The van der Waals surface area contributed by atoms with E-state index < -0.39 is 5.60 Å². The summed E-state index contributed by atoms with van der Waals surface area (Å²) in [6.45, 7) is 3.83. The van der Waals surface area contributed by atoms with Gasteiger partial charge in [0.05, 0.1) is 0 Å². The zero-order chi connectivity index (χ0) is 12.5. The van der Waals surface area contributed by atoms with Gasteiger partial charge in [-0.3, -0.25) is 14.9 Å². The van der Waals surface area contributed by atoms with Crippen LogP contribution in [0.1, 0.15) is 37.2 Å². The number of carbonyl (C=O) groups excluding carboxylic acids is 2. The van der Waals surface area contributed by atoms with E-state index in [4.69, 9.17) is 4.74 Å². The molecule has 1 aliphatic rings. The molecule has 1 unspecified atom stereocenters. The molecule has 0 bridgehead atoms. The fraction of sp³-hybridized carbons (Fsp3) is 0.545. The Bertz CT molecular complexity index is 449. The number of amides is 1. The number of hydrogen-bond donors (Lipinski definition) is 1. The van der Waals surface area contributed by atoms with Crippen molar-refractivity contribution in [3.05, 3.63) is 11.1 Å². The number of ketones is 1. The summed E-state index contributed by atoms with van der Waals surface area (Å²) < 4.78 is 5.43. The van der Waals surface area contributed by atoms with Gasteiger partial charge in [0.25, 0.3) is 5.91 Å². The van der Waals surface area contributed by atoms with Crippen LogP contribution in [0.2, 0.25) is 0 Å². The number of Topliss-reactive ketones (excluding diaryl/α,β-unsaturated/α-hetero) is 1. The molecule has 1 atom stereocenters. The molecule has 1 aromatic heterocycles. The molecule has 0 aliphatic carbocycles. The fourth-order valence-corrected chi connectivity index (χ4v) is 2.42. The molecule has 2 rings (SSSR count). The first-order valence-electron chi connectivity index (χ1n) is 5.43. The van der Waals surface area contributed by atoms with Crippen LogP contribution in [0, 0.1) is 0 Å². The maximum Gasteiger partial charge on any atom is 0.258 e. The number of hydrogen-bond acceptors (Lipinski definition) is 5. The minimum atomic E-state index is -0.762. The summed E-state index contributed by atoms with van der Waals surface area (Å²) in [7, 11) is 0. The van der Waals surface area contributed by atoms with Crippen molar-refractivity contribution in [1.29, 1.82) is 0 Å².